The maximum Gasteiger partial charge on any atom is 0.133 e. The molecule has 2 aromatic carbocycles. The molecule has 1 aromatic heterocycles. The highest BCUT2D eigenvalue weighted by Gasteiger charge is 2.20. The van der Waals surface area contributed by atoms with Crippen molar-refractivity contribution in [2.75, 3.05) is 0 Å². The molecular weight excluding hydrogens is 350 g/mol. The fraction of sp³-hybridized carbons (Fsp3) is 0.190. The van der Waals surface area contributed by atoms with Gasteiger partial charge in [-0.3, -0.25) is 0 Å². The average Bonchev–Trinajstić information content (AvgIpc) is 2.93. The molecule has 3 rings (SSSR count). The van der Waals surface area contributed by atoms with Gasteiger partial charge in [-0.15, -0.1) is 0 Å². The molecule has 0 unspecified atom stereocenters. The highest BCUT2D eigenvalue weighted by atomic mass is 32.2. The summed E-state index contributed by atoms with van der Waals surface area (Å²) in [6.07, 6.45) is 1.71. The topological polar surface area (TPSA) is 17.8 Å². The van der Waals surface area contributed by atoms with E-state index in [0.29, 0.717) is 11.4 Å². The van der Waals surface area contributed by atoms with Crippen molar-refractivity contribution < 1.29 is 8.78 Å². The number of hydrogen-bond donors (Lipinski definition) is 0. The van der Waals surface area contributed by atoms with E-state index in [2.05, 4.69) is 20.4 Å². The van der Waals surface area contributed by atoms with Gasteiger partial charge in [-0.25, -0.2) is 13.8 Å². The Kier molecular flexibility index (Phi) is 5.57. The van der Waals surface area contributed by atoms with Gasteiger partial charge >= 0.3 is 0 Å². The fourth-order valence-electron chi connectivity index (χ4n) is 2.73. The van der Waals surface area contributed by atoms with E-state index in [4.69, 9.17) is 4.98 Å². The molecule has 0 aliphatic carbocycles. The molecule has 0 saturated carbocycles. The van der Waals surface area contributed by atoms with E-state index >= 15 is 0 Å². The van der Waals surface area contributed by atoms with Gasteiger partial charge in [0.25, 0.3) is 0 Å². The van der Waals surface area contributed by atoms with Crippen LogP contribution in [0.15, 0.2) is 65.0 Å². The molecule has 0 N–H and O–H groups in total. The fourth-order valence-corrected chi connectivity index (χ4v) is 3.95. The van der Waals surface area contributed by atoms with Crippen LogP contribution >= 0.6 is 11.8 Å². The molecule has 5 heteroatoms. The largest absolute Gasteiger partial charge is 0.315 e. The van der Waals surface area contributed by atoms with Gasteiger partial charge in [0.1, 0.15) is 22.5 Å². The molecule has 0 radical (unpaired) electrons. The van der Waals surface area contributed by atoms with E-state index < -0.39 is 11.6 Å². The van der Waals surface area contributed by atoms with E-state index in [1.807, 2.05) is 34.9 Å². The lowest BCUT2D eigenvalue weighted by atomic mass is 10.1. The molecule has 2 nitrogen and oxygen atoms in total. The minimum atomic E-state index is -0.586. The predicted octanol–water partition coefficient (Wildman–Crippen LogP) is 6.13. The third-order valence-corrected chi connectivity index (χ3v) is 5.03. The Labute approximate surface area is 156 Å². The van der Waals surface area contributed by atoms with Gasteiger partial charge in [-0.05, 0) is 29.7 Å². The zero-order chi connectivity index (χ0) is 18.7. The summed E-state index contributed by atoms with van der Waals surface area (Å²) in [7, 11) is 0. The normalized spacial score (nSPS) is 11.1. The third-order valence-electron chi connectivity index (χ3n) is 3.94. The maximum atomic E-state index is 13.6. The van der Waals surface area contributed by atoms with Crippen molar-refractivity contribution in [2.45, 2.75) is 36.2 Å². The Morgan fingerprint density at radius 1 is 1.12 bits per heavy atom. The van der Waals surface area contributed by atoms with Crippen LogP contribution in [0.25, 0.3) is 6.08 Å². The SMILES string of the molecule is C=Cc1nc(C(C)C)c(Sc2cc(F)cc(F)c2)n1Cc1ccccc1. The van der Waals surface area contributed by atoms with Crippen molar-refractivity contribution in [3.05, 3.63) is 83.8 Å². The highest BCUT2D eigenvalue weighted by molar-refractivity contribution is 7.99. The van der Waals surface area contributed by atoms with Crippen LogP contribution in [0.2, 0.25) is 0 Å². The van der Waals surface area contributed by atoms with E-state index in [0.717, 1.165) is 28.2 Å². The second kappa shape index (κ2) is 7.87. The summed E-state index contributed by atoms with van der Waals surface area (Å²) in [6.45, 7) is 8.59. The van der Waals surface area contributed by atoms with Crippen LogP contribution in [0.5, 0.6) is 0 Å². The van der Waals surface area contributed by atoms with Crippen molar-refractivity contribution in [3.63, 3.8) is 0 Å². The van der Waals surface area contributed by atoms with Gasteiger partial charge in [-0.1, -0.05) is 62.5 Å². The second-order valence-electron chi connectivity index (χ2n) is 6.30. The van der Waals surface area contributed by atoms with Crippen LogP contribution in [0.3, 0.4) is 0 Å². The van der Waals surface area contributed by atoms with Crippen molar-refractivity contribution in [1.82, 2.24) is 9.55 Å². The van der Waals surface area contributed by atoms with Gasteiger partial charge in [0, 0.05) is 11.0 Å². The molecule has 0 spiro atoms. The zero-order valence-electron chi connectivity index (χ0n) is 14.7. The summed E-state index contributed by atoms with van der Waals surface area (Å²) in [5.74, 6) is -0.253. The van der Waals surface area contributed by atoms with Gasteiger partial charge in [0.05, 0.1) is 12.2 Å². The van der Waals surface area contributed by atoms with Crippen LogP contribution in [-0.4, -0.2) is 9.55 Å². The first-order valence-corrected chi connectivity index (χ1v) is 9.20. The van der Waals surface area contributed by atoms with Gasteiger partial charge < -0.3 is 4.57 Å². The molecule has 0 atom stereocenters. The summed E-state index contributed by atoms with van der Waals surface area (Å²) in [5, 5.41) is 0.878. The summed E-state index contributed by atoms with van der Waals surface area (Å²) in [4.78, 5) is 5.21. The summed E-state index contributed by atoms with van der Waals surface area (Å²) in [6, 6.07) is 13.6. The number of nitrogens with zero attached hydrogens (tertiary/aromatic N) is 2. The molecule has 1 heterocycles. The van der Waals surface area contributed by atoms with Crippen LogP contribution < -0.4 is 0 Å². The van der Waals surface area contributed by atoms with E-state index in [1.165, 1.54) is 23.9 Å². The zero-order valence-corrected chi connectivity index (χ0v) is 15.6. The van der Waals surface area contributed by atoms with Crippen LogP contribution in [0.4, 0.5) is 8.78 Å². The van der Waals surface area contributed by atoms with Gasteiger partial charge in [-0.2, -0.15) is 0 Å². The lowest BCUT2D eigenvalue weighted by molar-refractivity contribution is 0.577. The second-order valence-corrected chi connectivity index (χ2v) is 7.36. The number of rotatable bonds is 6. The molecular formula is C21H20F2N2S. The summed E-state index contributed by atoms with van der Waals surface area (Å²) in [5.41, 5.74) is 2.01. The van der Waals surface area contributed by atoms with E-state index in [1.54, 1.807) is 6.08 Å². The van der Waals surface area contributed by atoms with Gasteiger partial charge in [0.2, 0.25) is 0 Å². The van der Waals surface area contributed by atoms with Crippen LogP contribution in [-0.2, 0) is 6.54 Å². The van der Waals surface area contributed by atoms with E-state index in [-0.39, 0.29) is 5.92 Å². The van der Waals surface area contributed by atoms with Crippen LogP contribution in [0, 0.1) is 11.6 Å². The summed E-state index contributed by atoms with van der Waals surface area (Å²) < 4.78 is 29.3. The minimum absolute atomic E-state index is 0.173. The maximum absolute atomic E-state index is 13.6. The lowest BCUT2D eigenvalue weighted by Crippen LogP contribution is -2.04. The molecule has 134 valence electrons. The minimum Gasteiger partial charge on any atom is -0.315 e. The molecule has 0 bridgehead atoms. The Hall–Kier alpha value is -2.40. The number of halogens is 2. The van der Waals surface area contributed by atoms with Gasteiger partial charge in [0.15, 0.2) is 0 Å². The van der Waals surface area contributed by atoms with Crippen molar-refractivity contribution >= 4 is 17.8 Å². The number of aromatic nitrogens is 2. The first-order valence-electron chi connectivity index (χ1n) is 8.38. The number of imidazole rings is 1. The standard InChI is InChI=1S/C21H20F2N2S/c1-4-19-24-20(14(2)3)21(25(19)13-15-8-6-5-7-9-15)26-18-11-16(22)10-17(23)12-18/h4-12,14H,1,13H2,2-3H3. The third kappa shape index (κ3) is 4.05. The smallest absolute Gasteiger partial charge is 0.133 e. The molecule has 0 fully saturated rings. The molecule has 0 amide bonds. The first-order chi connectivity index (χ1) is 12.5. The molecule has 0 aliphatic rings. The Bertz CT molecular complexity index is 897. The van der Waals surface area contributed by atoms with Crippen LogP contribution in [0.1, 0.15) is 36.8 Å². The quantitative estimate of drug-likeness (QED) is 0.520. The first kappa shape index (κ1) is 18.4. The van der Waals surface area contributed by atoms with Crippen molar-refractivity contribution in [1.29, 1.82) is 0 Å². The summed E-state index contributed by atoms with van der Waals surface area (Å²) >= 11 is 1.33. The number of benzene rings is 2. The average molecular weight is 370 g/mol. The molecule has 0 aliphatic heterocycles. The lowest BCUT2D eigenvalue weighted by Gasteiger charge is -2.13. The number of hydrogen-bond acceptors (Lipinski definition) is 2. The van der Waals surface area contributed by atoms with Crippen molar-refractivity contribution in [2.24, 2.45) is 0 Å². The monoisotopic (exact) mass is 370 g/mol. The van der Waals surface area contributed by atoms with Crippen molar-refractivity contribution in [3.8, 4) is 0 Å². The Balaban J connectivity index is 2.08. The molecule has 26 heavy (non-hydrogen) atoms. The predicted molar refractivity (Wildman–Crippen MR) is 102 cm³/mol. The Morgan fingerprint density at radius 3 is 2.35 bits per heavy atom. The Morgan fingerprint density at radius 2 is 1.77 bits per heavy atom. The van der Waals surface area contributed by atoms with E-state index in [9.17, 15) is 8.78 Å². The molecule has 3 aromatic rings. The highest BCUT2D eigenvalue weighted by Crippen LogP contribution is 2.36. The molecule has 0 saturated heterocycles.